The smallest absolute Gasteiger partial charge is 0.345 e. The van der Waals surface area contributed by atoms with Crippen LogP contribution in [0.3, 0.4) is 0 Å². The highest BCUT2D eigenvalue weighted by atomic mass is 16.7. The average molecular weight is 251 g/mol. The molecule has 0 saturated carbocycles. The fourth-order valence-electron chi connectivity index (χ4n) is 2.43. The molecule has 6 nitrogen and oxygen atoms in total. The van der Waals surface area contributed by atoms with E-state index in [9.17, 15) is 9.59 Å². The SMILES string of the molecule is C=CCON1C(=O)N2CC1C=C(CC)C2C(N)=O. The van der Waals surface area contributed by atoms with Crippen LogP contribution in [0.1, 0.15) is 13.3 Å². The lowest BCUT2D eigenvalue weighted by Gasteiger charge is -2.28. The third-order valence-corrected chi connectivity index (χ3v) is 3.20. The number of fused-ring (bicyclic) bond motifs is 2. The van der Waals surface area contributed by atoms with Gasteiger partial charge in [0.1, 0.15) is 6.04 Å². The molecule has 2 N–H and O–H groups in total. The Labute approximate surface area is 106 Å². The van der Waals surface area contributed by atoms with E-state index in [1.807, 2.05) is 13.0 Å². The van der Waals surface area contributed by atoms with Crippen LogP contribution < -0.4 is 5.73 Å². The van der Waals surface area contributed by atoms with Crippen molar-refractivity contribution in [2.45, 2.75) is 25.4 Å². The van der Waals surface area contributed by atoms with Crippen molar-refractivity contribution in [3.63, 3.8) is 0 Å². The van der Waals surface area contributed by atoms with Gasteiger partial charge in [0.05, 0.1) is 19.2 Å². The second-order valence-electron chi connectivity index (χ2n) is 4.31. The van der Waals surface area contributed by atoms with Crippen LogP contribution in [0.15, 0.2) is 24.3 Å². The molecule has 2 unspecified atom stereocenters. The van der Waals surface area contributed by atoms with Crippen molar-refractivity contribution in [3.8, 4) is 0 Å². The molecule has 3 amide bonds. The number of hydroxylamine groups is 2. The number of rotatable bonds is 5. The Balaban J connectivity index is 2.27. The number of nitrogens with two attached hydrogens (primary N) is 1. The van der Waals surface area contributed by atoms with E-state index in [0.717, 1.165) is 5.57 Å². The van der Waals surface area contributed by atoms with Crippen molar-refractivity contribution < 1.29 is 14.4 Å². The summed E-state index contributed by atoms with van der Waals surface area (Å²) in [5, 5.41) is 1.29. The second kappa shape index (κ2) is 4.81. The van der Waals surface area contributed by atoms with Gasteiger partial charge in [-0.25, -0.2) is 4.79 Å². The molecule has 2 heterocycles. The summed E-state index contributed by atoms with van der Waals surface area (Å²) in [6, 6.07) is -1.11. The number of carbonyl (C=O) groups is 2. The minimum Gasteiger partial charge on any atom is -0.368 e. The highest BCUT2D eigenvalue weighted by Gasteiger charge is 2.47. The van der Waals surface area contributed by atoms with E-state index in [4.69, 9.17) is 10.6 Å². The van der Waals surface area contributed by atoms with Crippen LogP contribution in [-0.2, 0) is 9.63 Å². The van der Waals surface area contributed by atoms with Crippen molar-refractivity contribution in [3.05, 3.63) is 24.3 Å². The van der Waals surface area contributed by atoms with Gasteiger partial charge in [0.15, 0.2) is 0 Å². The normalized spacial score (nSPS) is 26.3. The summed E-state index contributed by atoms with van der Waals surface area (Å²) in [6.45, 7) is 6.17. The molecule has 0 aromatic rings. The minimum absolute atomic E-state index is 0.150. The molecule has 0 aromatic carbocycles. The number of carbonyl (C=O) groups excluding carboxylic acids is 2. The topological polar surface area (TPSA) is 75.9 Å². The lowest BCUT2D eigenvalue weighted by Crippen LogP contribution is -2.48. The predicted molar refractivity (Wildman–Crippen MR) is 65.2 cm³/mol. The zero-order valence-electron chi connectivity index (χ0n) is 10.3. The Morgan fingerprint density at radius 3 is 3.00 bits per heavy atom. The van der Waals surface area contributed by atoms with E-state index in [0.29, 0.717) is 13.0 Å². The molecular weight excluding hydrogens is 234 g/mol. The van der Waals surface area contributed by atoms with Gasteiger partial charge in [0, 0.05) is 0 Å². The molecule has 2 rings (SSSR count). The maximum absolute atomic E-state index is 12.1. The molecule has 2 bridgehead atoms. The van der Waals surface area contributed by atoms with Crippen molar-refractivity contribution in [1.29, 1.82) is 0 Å². The van der Waals surface area contributed by atoms with Crippen LogP contribution in [0.2, 0.25) is 0 Å². The van der Waals surface area contributed by atoms with Crippen LogP contribution in [0, 0.1) is 0 Å². The lowest BCUT2D eigenvalue weighted by atomic mass is 9.96. The molecule has 0 aromatic heterocycles. The highest BCUT2D eigenvalue weighted by molar-refractivity contribution is 5.90. The Kier molecular flexibility index (Phi) is 3.38. The number of urea groups is 1. The molecular formula is C12H17N3O3. The number of nitrogens with zero attached hydrogens (tertiary/aromatic N) is 2. The van der Waals surface area contributed by atoms with Gasteiger partial charge in [0.2, 0.25) is 5.91 Å². The number of hydrogen-bond acceptors (Lipinski definition) is 3. The van der Waals surface area contributed by atoms with E-state index >= 15 is 0 Å². The molecule has 0 spiro atoms. The first-order valence-corrected chi connectivity index (χ1v) is 5.93. The van der Waals surface area contributed by atoms with Crippen molar-refractivity contribution in [2.75, 3.05) is 13.2 Å². The number of hydrogen-bond donors (Lipinski definition) is 1. The fourth-order valence-corrected chi connectivity index (χ4v) is 2.43. The van der Waals surface area contributed by atoms with Gasteiger partial charge in [-0.15, -0.1) is 6.58 Å². The fraction of sp³-hybridized carbons (Fsp3) is 0.500. The Bertz CT molecular complexity index is 419. The summed E-state index contributed by atoms with van der Waals surface area (Å²) >= 11 is 0. The Morgan fingerprint density at radius 2 is 2.44 bits per heavy atom. The molecule has 2 atom stereocenters. The van der Waals surface area contributed by atoms with E-state index in [1.54, 1.807) is 6.08 Å². The lowest BCUT2D eigenvalue weighted by molar-refractivity contribution is -0.121. The van der Waals surface area contributed by atoms with E-state index in [2.05, 4.69) is 6.58 Å². The van der Waals surface area contributed by atoms with Crippen molar-refractivity contribution in [1.82, 2.24) is 9.96 Å². The summed E-state index contributed by atoms with van der Waals surface area (Å²) < 4.78 is 0. The third kappa shape index (κ3) is 1.88. The van der Waals surface area contributed by atoms with Gasteiger partial charge in [-0.3, -0.25) is 9.63 Å². The minimum atomic E-state index is -0.643. The first-order valence-electron chi connectivity index (χ1n) is 5.93. The summed E-state index contributed by atoms with van der Waals surface area (Å²) in [7, 11) is 0. The summed E-state index contributed by atoms with van der Waals surface area (Å²) in [5.41, 5.74) is 6.25. The molecule has 0 radical (unpaired) electrons. The summed E-state index contributed by atoms with van der Waals surface area (Å²) in [6.07, 6.45) is 4.16. The van der Waals surface area contributed by atoms with Crippen molar-refractivity contribution >= 4 is 11.9 Å². The van der Waals surface area contributed by atoms with E-state index < -0.39 is 11.9 Å². The summed E-state index contributed by atoms with van der Waals surface area (Å²) in [5.74, 6) is -0.500. The van der Waals surface area contributed by atoms with Gasteiger partial charge in [-0.05, 0) is 12.0 Å². The largest absolute Gasteiger partial charge is 0.368 e. The molecule has 18 heavy (non-hydrogen) atoms. The van der Waals surface area contributed by atoms with Crippen LogP contribution in [0.4, 0.5) is 4.79 Å². The average Bonchev–Trinajstić information content (AvgIpc) is 2.59. The molecule has 0 aliphatic carbocycles. The van der Waals surface area contributed by atoms with Gasteiger partial charge in [-0.1, -0.05) is 19.1 Å². The summed E-state index contributed by atoms with van der Waals surface area (Å²) in [4.78, 5) is 30.4. The van der Waals surface area contributed by atoms with Crippen LogP contribution in [-0.4, -0.2) is 47.1 Å². The van der Waals surface area contributed by atoms with Gasteiger partial charge in [-0.2, -0.15) is 5.06 Å². The van der Waals surface area contributed by atoms with E-state index in [-0.39, 0.29) is 18.7 Å². The first kappa shape index (κ1) is 12.6. The standard InChI is InChI=1S/C12H17N3O3/c1-3-5-18-15-9-6-8(4-2)10(11(13)16)14(7-9)12(15)17/h3,6,9-10H,1,4-5,7H2,2H3,(H2,13,16). The van der Waals surface area contributed by atoms with Crippen LogP contribution in [0.25, 0.3) is 0 Å². The Hall–Kier alpha value is -1.82. The van der Waals surface area contributed by atoms with Crippen LogP contribution in [0.5, 0.6) is 0 Å². The van der Waals surface area contributed by atoms with E-state index in [1.165, 1.54) is 9.96 Å². The Morgan fingerprint density at radius 1 is 1.72 bits per heavy atom. The number of primary amides is 1. The molecule has 2 aliphatic rings. The molecule has 1 fully saturated rings. The molecule has 2 aliphatic heterocycles. The van der Waals surface area contributed by atoms with Gasteiger partial charge >= 0.3 is 6.03 Å². The monoisotopic (exact) mass is 251 g/mol. The van der Waals surface area contributed by atoms with Gasteiger partial charge in [0.25, 0.3) is 0 Å². The van der Waals surface area contributed by atoms with Crippen LogP contribution >= 0.6 is 0 Å². The highest BCUT2D eigenvalue weighted by Crippen LogP contribution is 2.30. The second-order valence-corrected chi connectivity index (χ2v) is 4.31. The third-order valence-electron chi connectivity index (χ3n) is 3.20. The zero-order valence-corrected chi connectivity index (χ0v) is 10.3. The zero-order chi connectivity index (χ0) is 13.3. The van der Waals surface area contributed by atoms with Crippen molar-refractivity contribution in [2.24, 2.45) is 5.73 Å². The maximum atomic E-state index is 12.1. The first-order chi connectivity index (χ1) is 8.60. The molecule has 98 valence electrons. The predicted octanol–water partition coefficient (Wildman–Crippen LogP) is 0.414. The van der Waals surface area contributed by atoms with Gasteiger partial charge < -0.3 is 10.6 Å². The molecule has 1 saturated heterocycles. The maximum Gasteiger partial charge on any atom is 0.345 e. The molecule has 6 heteroatoms. The quantitative estimate of drug-likeness (QED) is 0.719. The number of amides is 3.